The number of hydrogen-bond donors (Lipinski definition) is 3. The number of amides is 2. The van der Waals surface area contributed by atoms with E-state index in [2.05, 4.69) is 20.3 Å². The minimum Gasteiger partial charge on any atom is -0.349 e. The zero-order valence-corrected chi connectivity index (χ0v) is 19.0. The molecule has 1 unspecified atom stereocenters. The van der Waals surface area contributed by atoms with Crippen LogP contribution in [-0.4, -0.2) is 37.8 Å². The van der Waals surface area contributed by atoms with E-state index in [0.29, 0.717) is 25.9 Å². The molecule has 2 aromatic rings. The Morgan fingerprint density at radius 1 is 1.03 bits per heavy atom. The Morgan fingerprint density at radius 3 is 2.38 bits per heavy atom. The number of nitrogens with zero attached hydrogens (tertiary/aromatic N) is 1. The van der Waals surface area contributed by atoms with Gasteiger partial charge in [0.05, 0.1) is 17.1 Å². The van der Waals surface area contributed by atoms with Crippen LogP contribution < -0.4 is 15.4 Å². The van der Waals surface area contributed by atoms with Gasteiger partial charge in [-0.05, 0) is 62.8 Å². The van der Waals surface area contributed by atoms with Gasteiger partial charge in [-0.15, -0.1) is 0 Å². The molecular formula is C23H30N4O4S. The van der Waals surface area contributed by atoms with Crippen LogP contribution in [0.2, 0.25) is 0 Å². The van der Waals surface area contributed by atoms with Crippen molar-refractivity contribution >= 4 is 21.8 Å². The summed E-state index contributed by atoms with van der Waals surface area (Å²) >= 11 is 0. The number of carbonyl (C=O) groups excluding carboxylic acids is 2. The first kappa shape index (κ1) is 23.9. The average molecular weight is 459 g/mol. The van der Waals surface area contributed by atoms with Crippen LogP contribution >= 0.6 is 0 Å². The van der Waals surface area contributed by atoms with Crippen molar-refractivity contribution in [3.63, 3.8) is 0 Å². The SMILES string of the molecule is CC(NC(=O)C1CCC(CNS(=O)(=O)c2ccccc2)CC1)C(=O)NCc1ccccn1. The van der Waals surface area contributed by atoms with Gasteiger partial charge in [-0.1, -0.05) is 24.3 Å². The molecule has 2 amide bonds. The first-order chi connectivity index (χ1) is 15.3. The Balaban J connectivity index is 1.38. The molecule has 3 rings (SSSR count). The fraction of sp³-hybridized carbons (Fsp3) is 0.435. The number of aromatic nitrogens is 1. The van der Waals surface area contributed by atoms with Gasteiger partial charge in [0.2, 0.25) is 21.8 Å². The molecule has 1 saturated carbocycles. The summed E-state index contributed by atoms with van der Waals surface area (Å²) in [7, 11) is -3.52. The molecule has 172 valence electrons. The summed E-state index contributed by atoms with van der Waals surface area (Å²) in [4.78, 5) is 29.3. The highest BCUT2D eigenvalue weighted by molar-refractivity contribution is 7.89. The molecule has 1 heterocycles. The van der Waals surface area contributed by atoms with Gasteiger partial charge in [-0.25, -0.2) is 13.1 Å². The van der Waals surface area contributed by atoms with E-state index in [1.54, 1.807) is 49.5 Å². The minimum absolute atomic E-state index is 0.131. The number of hydrogen-bond acceptors (Lipinski definition) is 5. The maximum atomic E-state index is 12.6. The molecule has 9 heteroatoms. The lowest BCUT2D eigenvalue weighted by atomic mass is 9.81. The van der Waals surface area contributed by atoms with Crippen LogP contribution in [0.3, 0.4) is 0 Å². The van der Waals surface area contributed by atoms with Crippen molar-refractivity contribution in [1.82, 2.24) is 20.3 Å². The van der Waals surface area contributed by atoms with Crippen LogP contribution in [0.1, 0.15) is 38.3 Å². The summed E-state index contributed by atoms with van der Waals surface area (Å²) in [5, 5.41) is 5.57. The fourth-order valence-corrected chi connectivity index (χ4v) is 4.91. The smallest absolute Gasteiger partial charge is 0.242 e. The second-order valence-electron chi connectivity index (χ2n) is 8.15. The van der Waals surface area contributed by atoms with E-state index in [9.17, 15) is 18.0 Å². The zero-order chi connectivity index (χ0) is 23.0. The lowest BCUT2D eigenvalue weighted by Crippen LogP contribution is -2.47. The van der Waals surface area contributed by atoms with Gasteiger partial charge in [0.15, 0.2) is 0 Å². The molecule has 0 aliphatic heterocycles. The van der Waals surface area contributed by atoms with Crippen LogP contribution in [0.5, 0.6) is 0 Å². The predicted octanol–water partition coefficient (Wildman–Crippen LogP) is 1.99. The van der Waals surface area contributed by atoms with Gasteiger partial charge in [0.25, 0.3) is 0 Å². The van der Waals surface area contributed by atoms with E-state index in [1.165, 1.54) is 0 Å². The maximum absolute atomic E-state index is 12.6. The molecule has 0 saturated heterocycles. The molecular weight excluding hydrogens is 428 g/mol. The molecule has 1 aromatic carbocycles. The molecule has 1 aliphatic rings. The van der Waals surface area contributed by atoms with Crippen LogP contribution in [0.4, 0.5) is 0 Å². The Kier molecular flexibility index (Phi) is 8.35. The number of carbonyl (C=O) groups is 2. The topological polar surface area (TPSA) is 117 Å². The summed E-state index contributed by atoms with van der Waals surface area (Å²) in [6.07, 6.45) is 4.53. The van der Waals surface area contributed by atoms with E-state index in [0.717, 1.165) is 18.5 Å². The van der Waals surface area contributed by atoms with E-state index < -0.39 is 16.1 Å². The van der Waals surface area contributed by atoms with E-state index >= 15 is 0 Å². The molecule has 1 fully saturated rings. The summed E-state index contributed by atoms with van der Waals surface area (Å²) in [5.41, 5.74) is 0.751. The molecule has 3 N–H and O–H groups in total. The molecule has 0 bridgehead atoms. The molecule has 0 radical (unpaired) electrons. The van der Waals surface area contributed by atoms with Gasteiger partial charge in [-0.3, -0.25) is 14.6 Å². The third kappa shape index (κ3) is 6.86. The van der Waals surface area contributed by atoms with Crippen molar-refractivity contribution in [2.24, 2.45) is 11.8 Å². The monoisotopic (exact) mass is 458 g/mol. The van der Waals surface area contributed by atoms with Crippen LogP contribution in [-0.2, 0) is 26.2 Å². The van der Waals surface area contributed by atoms with Crippen molar-refractivity contribution in [1.29, 1.82) is 0 Å². The van der Waals surface area contributed by atoms with Crippen LogP contribution in [0.25, 0.3) is 0 Å². The normalized spacial score (nSPS) is 19.7. The van der Waals surface area contributed by atoms with Gasteiger partial charge < -0.3 is 10.6 Å². The highest BCUT2D eigenvalue weighted by Gasteiger charge is 2.29. The zero-order valence-electron chi connectivity index (χ0n) is 18.2. The highest BCUT2D eigenvalue weighted by Crippen LogP contribution is 2.29. The molecule has 8 nitrogen and oxygen atoms in total. The van der Waals surface area contributed by atoms with Crippen molar-refractivity contribution in [3.05, 3.63) is 60.4 Å². The number of benzene rings is 1. The number of rotatable bonds is 9. The number of sulfonamides is 1. The Morgan fingerprint density at radius 2 is 1.72 bits per heavy atom. The highest BCUT2D eigenvalue weighted by atomic mass is 32.2. The lowest BCUT2D eigenvalue weighted by molar-refractivity contribution is -0.131. The molecule has 1 aromatic heterocycles. The summed E-state index contributed by atoms with van der Waals surface area (Å²) in [6, 6.07) is 13.1. The van der Waals surface area contributed by atoms with E-state index in [1.807, 2.05) is 12.1 Å². The fourth-order valence-electron chi connectivity index (χ4n) is 3.77. The Hall–Kier alpha value is -2.78. The lowest BCUT2D eigenvalue weighted by Gasteiger charge is -2.28. The molecule has 1 aliphatic carbocycles. The Bertz CT molecular complexity index is 991. The van der Waals surface area contributed by atoms with Gasteiger partial charge in [0.1, 0.15) is 6.04 Å². The largest absolute Gasteiger partial charge is 0.349 e. The number of pyridine rings is 1. The second-order valence-corrected chi connectivity index (χ2v) is 9.92. The standard InChI is InChI=1S/C23H30N4O4S/c1-17(22(28)25-16-20-7-5-6-14-24-20)27-23(29)19-12-10-18(11-13-19)15-26-32(30,31)21-8-3-2-4-9-21/h2-9,14,17-19,26H,10-13,15-16H2,1H3,(H,25,28)(H,27,29). The van der Waals surface area contributed by atoms with Gasteiger partial charge in [-0.2, -0.15) is 0 Å². The van der Waals surface area contributed by atoms with Gasteiger partial charge in [0, 0.05) is 18.7 Å². The van der Waals surface area contributed by atoms with Crippen molar-refractivity contribution in [2.75, 3.05) is 6.54 Å². The Labute approximate surface area is 189 Å². The first-order valence-corrected chi connectivity index (χ1v) is 12.4. The van der Waals surface area contributed by atoms with Crippen LogP contribution in [0, 0.1) is 11.8 Å². The number of nitrogens with one attached hydrogen (secondary N) is 3. The van der Waals surface area contributed by atoms with E-state index in [-0.39, 0.29) is 28.5 Å². The molecule has 32 heavy (non-hydrogen) atoms. The quantitative estimate of drug-likeness (QED) is 0.531. The average Bonchev–Trinajstić information content (AvgIpc) is 2.82. The summed E-state index contributed by atoms with van der Waals surface area (Å²) in [6.45, 7) is 2.33. The first-order valence-electron chi connectivity index (χ1n) is 10.9. The van der Waals surface area contributed by atoms with Crippen molar-refractivity contribution in [3.8, 4) is 0 Å². The summed E-state index contributed by atoms with van der Waals surface area (Å²) < 4.78 is 27.4. The predicted molar refractivity (Wildman–Crippen MR) is 121 cm³/mol. The van der Waals surface area contributed by atoms with Crippen molar-refractivity contribution in [2.45, 2.75) is 50.1 Å². The third-order valence-corrected chi connectivity index (χ3v) is 7.19. The van der Waals surface area contributed by atoms with Crippen LogP contribution in [0.15, 0.2) is 59.6 Å². The molecule has 0 spiro atoms. The molecule has 1 atom stereocenters. The van der Waals surface area contributed by atoms with E-state index in [4.69, 9.17) is 0 Å². The second kappa shape index (κ2) is 11.2. The summed E-state index contributed by atoms with van der Waals surface area (Å²) in [5.74, 6) is -0.360. The maximum Gasteiger partial charge on any atom is 0.242 e. The third-order valence-electron chi connectivity index (χ3n) is 5.76. The van der Waals surface area contributed by atoms with Crippen molar-refractivity contribution < 1.29 is 18.0 Å². The van der Waals surface area contributed by atoms with Gasteiger partial charge >= 0.3 is 0 Å². The minimum atomic E-state index is -3.52.